The number of nitrogens with one attached hydrogen (secondary N) is 1. The highest BCUT2D eigenvalue weighted by molar-refractivity contribution is 5.77. The summed E-state index contributed by atoms with van der Waals surface area (Å²) < 4.78 is 38.7. The van der Waals surface area contributed by atoms with Crippen molar-refractivity contribution in [3.05, 3.63) is 34.2 Å². The third kappa shape index (κ3) is 5.13. The lowest BCUT2D eigenvalue weighted by Gasteiger charge is -2.25. The Balaban J connectivity index is 2.95. The zero-order valence-corrected chi connectivity index (χ0v) is 13.1. The third-order valence-electron chi connectivity index (χ3n) is 3.12. The predicted molar refractivity (Wildman–Crippen MR) is 77.3 cm³/mol. The van der Waals surface area contributed by atoms with Crippen LogP contribution in [0.1, 0.15) is 32.8 Å². The Morgan fingerprint density at radius 1 is 1.43 bits per heavy atom. The Morgan fingerprint density at radius 3 is 2.52 bits per heavy atom. The number of nitrogens with zero attached hydrogens (tertiary/aromatic N) is 2. The summed E-state index contributed by atoms with van der Waals surface area (Å²) in [6, 6.07) is 3.69. The average molecular weight is 329 g/mol. The van der Waals surface area contributed by atoms with E-state index in [0.29, 0.717) is 17.1 Å². The van der Waals surface area contributed by atoms with Crippen molar-refractivity contribution in [1.29, 1.82) is 5.26 Å². The van der Waals surface area contributed by atoms with Crippen LogP contribution in [0.3, 0.4) is 0 Å². The van der Waals surface area contributed by atoms with Gasteiger partial charge in [-0.1, -0.05) is 13.8 Å². The van der Waals surface area contributed by atoms with Gasteiger partial charge in [0, 0.05) is 6.20 Å². The van der Waals surface area contributed by atoms with E-state index in [1.54, 1.807) is 0 Å². The molecule has 1 aromatic heterocycles. The highest BCUT2D eigenvalue weighted by atomic mass is 19.4. The second-order valence-electron chi connectivity index (χ2n) is 5.94. The van der Waals surface area contributed by atoms with Crippen LogP contribution in [0.15, 0.2) is 23.1 Å². The van der Waals surface area contributed by atoms with Gasteiger partial charge in [0.1, 0.15) is 17.6 Å². The van der Waals surface area contributed by atoms with Gasteiger partial charge in [0.2, 0.25) is 5.91 Å². The van der Waals surface area contributed by atoms with E-state index in [1.807, 2.05) is 19.9 Å². The molecule has 0 spiro atoms. The standard InChI is InChI=1S/C15H18F3N3O2/c1-10(2)7-14(3,9-19)20-12(22)8-21-6-4-5-11(13(21)23)15(16,17)18/h4-6,10H,7-8H2,1-3H3,(H,20,22)/t14-/m1/s1. The first-order valence-electron chi connectivity index (χ1n) is 6.97. The van der Waals surface area contributed by atoms with E-state index in [0.717, 1.165) is 12.3 Å². The second-order valence-corrected chi connectivity index (χ2v) is 5.94. The zero-order valence-electron chi connectivity index (χ0n) is 13.1. The lowest BCUT2D eigenvalue weighted by Crippen LogP contribution is -2.47. The van der Waals surface area contributed by atoms with Gasteiger partial charge >= 0.3 is 6.18 Å². The van der Waals surface area contributed by atoms with E-state index in [9.17, 15) is 28.0 Å². The van der Waals surface area contributed by atoms with E-state index in [1.165, 1.54) is 6.92 Å². The number of halogens is 3. The molecule has 0 aliphatic heterocycles. The van der Waals surface area contributed by atoms with Crippen molar-refractivity contribution < 1.29 is 18.0 Å². The molecule has 126 valence electrons. The van der Waals surface area contributed by atoms with Gasteiger partial charge in [-0.3, -0.25) is 9.59 Å². The number of amides is 1. The number of hydrogen-bond acceptors (Lipinski definition) is 3. The molecule has 0 fully saturated rings. The van der Waals surface area contributed by atoms with E-state index in [4.69, 9.17) is 0 Å². The molecule has 1 atom stereocenters. The number of carbonyl (C=O) groups excluding carboxylic acids is 1. The molecule has 0 aromatic carbocycles. The molecule has 23 heavy (non-hydrogen) atoms. The fraction of sp³-hybridized carbons (Fsp3) is 0.533. The number of carbonyl (C=O) groups is 1. The largest absolute Gasteiger partial charge is 0.421 e. The summed E-state index contributed by atoms with van der Waals surface area (Å²) in [7, 11) is 0. The van der Waals surface area contributed by atoms with Gasteiger partial charge in [-0.2, -0.15) is 18.4 Å². The van der Waals surface area contributed by atoms with Crippen molar-refractivity contribution in [2.24, 2.45) is 5.92 Å². The Labute approximate surface area is 131 Å². The number of rotatable bonds is 5. The lowest BCUT2D eigenvalue weighted by molar-refractivity contribution is -0.139. The first-order valence-corrected chi connectivity index (χ1v) is 6.97. The second kappa shape index (κ2) is 6.86. The molecule has 0 saturated heterocycles. The predicted octanol–water partition coefficient (Wildman–Crippen LogP) is 2.31. The van der Waals surface area contributed by atoms with Gasteiger partial charge in [0.25, 0.3) is 5.56 Å². The maximum absolute atomic E-state index is 12.7. The van der Waals surface area contributed by atoms with Crippen LogP contribution in [-0.2, 0) is 17.5 Å². The molecule has 1 N–H and O–H groups in total. The van der Waals surface area contributed by atoms with Gasteiger partial charge in [0.05, 0.1) is 6.07 Å². The molecule has 0 radical (unpaired) electrons. The Bertz CT molecular complexity index is 674. The molecule has 1 aromatic rings. The quantitative estimate of drug-likeness (QED) is 0.901. The molecule has 1 amide bonds. The van der Waals surface area contributed by atoms with Crippen LogP contribution in [0.4, 0.5) is 13.2 Å². The minimum atomic E-state index is -4.78. The van der Waals surface area contributed by atoms with Crippen LogP contribution < -0.4 is 10.9 Å². The van der Waals surface area contributed by atoms with E-state index >= 15 is 0 Å². The SMILES string of the molecule is CC(C)C[C@](C)(C#N)NC(=O)Cn1cccc(C(F)(F)F)c1=O. The van der Waals surface area contributed by atoms with Crippen molar-refractivity contribution in [3.63, 3.8) is 0 Å². The first kappa shape index (κ1) is 18.7. The van der Waals surface area contributed by atoms with Crippen LogP contribution >= 0.6 is 0 Å². The maximum Gasteiger partial charge on any atom is 0.421 e. The summed E-state index contributed by atoms with van der Waals surface area (Å²) in [5.41, 5.74) is -3.77. The number of hydrogen-bond donors (Lipinski definition) is 1. The summed E-state index contributed by atoms with van der Waals surface area (Å²) in [5.74, 6) is -0.563. The summed E-state index contributed by atoms with van der Waals surface area (Å²) in [6.07, 6.45) is -3.30. The highest BCUT2D eigenvalue weighted by Crippen LogP contribution is 2.26. The van der Waals surface area contributed by atoms with Crippen molar-refractivity contribution in [1.82, 2.24) is 9.88 Å². The summed E-state index contributed by atoms with van der Waals surface area (Å²) in [4.78, 5) is 23.7. The number of alkyl halides is 3. The van der Waals surface area contributed by atoms with E-state index in [2.05, 4.69) is 5.32 Å². The topological polar surface area (TPSA) is 74.9 Å². The summed E-state index contributed by atoms with van der Waals surface area (Å²) >= 11 is 0. The first-order chi connectivity index (χ1) is 10.5. The highest BCUT2D eigenvalue weighted by Gasteiger charge is 2.34. The van der Waals surface area contributed by atoms with Crippen molar-refractivity contribution in [2.75, 3.05) is 0 Å². The van der Waals surface area contributed by atoms with Gasteiger partial charge in [-0.25, -0.2) is 0 Å². The Hall–Kier alpha value is -2.30. The zero-order chi connectivity index (χ0) is 17.8. The molecule has 0 saturated carbocycles. The molecule has 1 heterocycles. The molecule has 8 heteroatoms. The fourth-order valence-corrected chi connectivity index (χ4v) is 2.32. The molecule has 1 rings (SSSR count). The molecule has 0 unspecified atom stereocenters. The third-order valence-corrected chi connectivity index (χ3v) is 3.12. The molecular formula is C15H18F3N3O2. The fourth-order valence-electron chi connectivity index (χ4n) is 2.32. The molecule has 5 nitrogen and oxygen atoms in total. The van der Waals surface area contributed by atoms with Crippen molar-refractivity contribution >= 4 is 5.91 Å². The van der Waals surface area contributed by atoms with Gasteiger partial charge in [-0.05, 0) is 31.4 Å². The Kier molecular flexibility index (Phi) is 5.59. The molecule has 0 aliphatic carbocycles. The van der Waals surface area contributed by atoms with Crippen molar-refractivity contribution in [2.45, 2.75) is 45.5 Å². The number of pyridine rings is 1. The number of aromatic nitrogens is 1. The minimum Gasteiger partial charge on any atom is -0.336 e. The summed E-state index contributed by atoms with van der Waals surface area (Å²) in [5, 5.41) is 11.6. The van der Waals surface area contributed by atoms with Crippen molar-refractivity contribution in [3.8, 4) is 6.07 Å². The van der Waals surface area contributed by atoms with Crippen LogP contribution in [0, 0.1) is 17.2 Å². The molecule has 0 bridgehead atoms. The van der Waals surface area contributed by atoms with E-state index in [-0.39, 0.29) is 5.92 Å². The van der Waals surface area contributed by atoms with Gasteiger partial charge < -0.3 is 9.88 Å². The normalized spacial score (nSPS) is 14.2. The number of nitriles is 1. The lowest BCUT2D eigenvalue weighted by atomic mass is 9.92. The van der Waals surface area contributed by atoms with Crippen LogP contribution in [0.25, 0.3) is 0 Å². The van der Waals surface area contributed by atoms with Gasteiger partial charge in [-0.15, -0.1) is 0 Å². The van der Waals surface area contributed by atoms with Crippen LogP contribution in [-0.4, -0.2) is 16.0 Å². The average Bonchev–Trinajstić information content (AvgIpc) is 2.38. The van der Waals surface area contributed by atoms with Gasteiger partial charge in [0.15, 0.2) is 0 Å². The monoisotopic (exact) mass is 329 g/mol. The molecule has 0 aliphatic rings. The smallest absolute Gasteiger partial charge is 0.336 e. The summed E-state index contributed by atoms with van der Waals surface area (Å²) in [6.45, 7) is 4.69. The molecular weight excluding hydrogens is 311 g/mol. The van der Waals surface area contributed by atoms with Crippen LogP contribution in [0.5, 0.6) is 0 Å². The maximum atomic E-state index is 12.7. The van der Waals surface area contributed by atoms with E-state index < -0.39 is 35.3 Å². The minimum absolute atomic E-state index is 0.135. The van der Waals surface area contributed by atoms with Crippen LogP contribution in [0.2, 0.25) is 0 Å². The Morgan fingerprint density at radius 2 is 2.04 bits per heavy atom.